The van der Waals surface area contributed by atoms with Gasteiger partial charge in [-0.15, -0.1) is 11.3 Å². The van der Waals surface area contributed by atoms with Gasteiger partial charge in [0, 0.05) is 17.1 Å². The predicted octanol–water partition coefficient (Wildman–Crippen LogP) is 2.35. The minimum atomic E-state index is -0.0269. The summed E-state index contributed by atoms with van der Waals surface area (Å²) in [7, 11) is 0. The minimum Gasteiger partial charge on any atom is -0.395 e. The maximum absolute atomic E-state index is 12.1. The average Bonchev–Trinajstić information content (AvgIpc) is 2.59. The lowest BCUT2D eigenvalue weighted by Gasteiger charge is -2.25. The van der Waals surface area contributed by atoms with Crippen LogP contribution in [0, 0.1) is 0 Å². The molecule has 0 atom stereocenters. The van der Waals surface area contributed by atoms with Gasteiger partial charge in [0.05, 0.1) is 6.61 Å². The molecule has 0 aliphatic rings. The lowest BCUT2D eigenvalue weighted by molar-refractivity contribution is 0.0669. The van der Waals surface area contributed by atoms with Gasteiger partial charge in [0.1, 0.15) is 4.88 Å². The van der Waals surface area contributed by atoms with E-state index < -0.39 is 0 Å². The van der Waals surface area contributed by atoms with Crippen molar-refractivity contribution in [1.82, 2.24) is 4.90 Å². The number of halogens is 1. The van der Waals surface area contributed by atoms with Gasteiger partial charge in [-0.1, -0.05) is 0 Å². The molecule has 0 unspecified atom stereocenters. The molecule has 1 N–H and O–H groups in total. The molecular formula is C10H14BrNO2S. The number of hydrogen-bond donors (Lipinski definition) is 1. The first-order valence-electron chi connectivity index (χ1n) is 4.72. The maximum Gasteiger partial charge on any atom is 0.265 e. The Balaban J connectivity index is 2.86. The molecule has 1 heterocycles. The van der Waals surface area contributed by atoms with Gasteiger partial charge in [0.25, 0.3) is 5.91 Å². The predicted molar refractivity (Wildman–Crippen MR) is 65.3 cm³/mol. The Kier molecular flexibility index (Phi) is 4.76. The average molecular weight is 292 g/mol. The van der Waals surface area contributed by atoms with Crippen LogP contribution in [0.1, 0.15) is 23.5 Å². The molecule has 0 bridgehead atoms. The van der Waals surface area contributed by atoms with Crippen LogP contribution in [0.5, 0.6) is 0 Å². The van der Waals surface area contributed by atoms with Crippen LogP contribution >= 0.6 is 27.3 Å². The number of hydrogen-bond acceptors (Lipinski definition) is 3. The third kappa shape index (κ3) is 3.03. The standard InChI is InChI=1S/C10H14BrNO2S/c1-7(2)12(4-5-13)10(14)9-8(11)3-6-15-9/h3,6-7,13H,4-5H2,1-2H3. The van der Waals surface area contributed by atoms with E-state index in [0.29, 0.717) is 11.4 Å². The topological polar surface area (TPSA) is 40.5 Å². The van der Waals surface area contributed by atoms with Gasteiger partial charge in [0.15, 0.2) is 0 Å². The molecule has 15 heavy (non-hydrogen) atoms. The number of aliphatic hydroxyl groups excluding tert-OH is 1. The molecule has 0 aromatic carbocycles. The summed E-state index contributed by atoms with van der Waals surface area (Å²) in [5.74, 6) is -0.0269. The number of carbonyl (C=O) groups excluding carboxylic acids is 1. The van der Waals surface area contributed by atoms with Crippen LogP contribution in [0.15, 0.2) is 15.9 Å². The monoisotopic (exact) mass is 291 g/mol. The number of carbonyl (C=O) groups is 1. The second-order valence-corrected chi connectivity index (χ2v) is 5.18. The Morgan fingerprint density at radius 3 is 2.73 bits per heavy atom. The van der Waals surface area contributed by atoms with Crippen LogP contribution < -0.4 is 0 Å². The maximum atomic E-state index is 12.1. The van der Waals surface area contributed by atoms with Crippen molar-refractivity contribution in [2.75, 3.05) is 13.2 Å². The van der Waals surface area contributed by atoms with Crippen LogP contribution in [0.25, 0.3) is 0 Å². The number of nitrogens with zero attached hydrogens (tertiary/aromatic N) is 1. The molecule has 3 nitrogen and oxygen atoms in total. The van der Waals surface area contributed by atoms with Gasteiger partial charge in [-0.25, -0.2) is 0 Å². The summed E-state index contributed by atoms with van der Waals surface area (Å²) < 4.78 is 0.820. The van der Waals surface area contributed by atoms with E-state index in [1.807, 2.05) is 25.3 Å². The highest BCUT2D eigenvalue weighted by atomic mass is 79.9. The zero-order valence-electron chi connectivity index (χ0n) is 8.74. The van der Waals surface area contributed by atoms with Crippen molar-refractivity contribution in [3.05, 3.63) is 20.8 Å². The van der Waals surface area contributed by atoms with Crippen molar-refractivity contribution in [3.63, 3.8) is 0 Å². The Bertz CT molecular complexity index is 338. The van der Waals surface area contributed by atoms with E-state index in [2.05, 4.69) is 15.9 Å². The second-order valence-electron chi connectivity index (χ2n) is 3.41. The van der Waals surface area contributed by atoms with Crippen LogP contribution in [0.4, 0.5) is 0 Å². The smallest absolute Gasteiger partial charge is 0.265 e. The zero-order chi connectivity index (χ0) is 11.4. The Labute approximate surface area is 102 Å². The summed E-state index contributed by atoms with van der Waals surface area (Å²) in [6, 6.07) is 1.95. The fourth-order valence-electron chi connectivity index (χ4n) is 1.28. The highest BCUT2D eigenvalue weighted by Crippen LogP contribution is 2.24. The number of amides is 1. The van der Waals surface area contributed by atoms with Crippen molar-refractivity contribution in [2.45, 2.75) is 19.9 Å². The summed E-state index contributed by atoms with van der Waals surface area (Å²) in [5.41, 5.74) is 0. The summed E-state index contributed by atoms with van der Waals surface area (Å²) >= 11 is 4.75. The Hall–Kier alpha value is -0.390. The first-order chi connectivity index (χ1) is 7.07. The van der Waals surface area contributed by atoms with E-state index in [4.69, 9.17) is 5.11 Å². The van der Waals surface area contributed by atoms with E-state index >= 15 is 0 Å². The molecule has 0 saturated heterocycles. The summed E-state index contributed by atoms with van der Waals surface area (Å²) in [5, 5.41) is 10.8. The molecule has 0 fully saturated rings. The Morgan fingerprint density at radius 2 is 2.33 bits per heavy atom. The summed E-state index contributed by atoms with van der Waals surface area (Å²) in [6.07, 6.45) is 0. The van der Waals surface area contributed by atoms with E-state index in [0.717, 1.165) is 4.47 Å². The van der Waals surface area contributed by atoms with Crippen LogP contribution in [-0.2, 0) is 0 Å². The molecule has 1 aromatic heterocycles. The van der Waals surface area contributed by atoms with Crippen LogP contribution in [0.2, 0.25) is 0 Å². The fourth-order valence-corrected chi connectivity index (χ4v) is 2.77. The molecule has 1 aromatic rings. The number of aliphatic hydroxyl groups is 1. The molecule has 1 rings (SSSR count). The van der Waals surface area contributed by atoms with E-state index in [9.17, 15) is 4.79 Å². The van der Waals surface area contributed by atoms with E-state index in [1.54, 1.807) is 4.90 Å². The summed E-state index contributed by atoms with van der Waals surface area (Å²) in [4.78, 5) is 14.4. The third-order valence-electron chi connectivity index (χ3n) is 2.04. The minimum absolute atomic E-state index is 0.00703. The van der Waals surface area contributed by atoms with Crippen molar-refractivity contribution in [2.24, 2.45) is 0 Å². The van der Waals surface area contributed by atoms with Gasteiger partial charge in [-0.2, -0.15) is 0 Å². The van der Waals surface area contributed by atoms with Crippen LogP contribution in [-0.4, -0.2) is 35.1 Å². The zero-order valence-corrected chi connectivity index (χ0v) is 11.1. The first-order valence-corrected chi connectivity index (χ1v) is 6.40. The highest BCUT2D eigenvalue weighted by Gasteiger charge is 2.21. The van der Waals surface area contributed by atoms with Gasteiger partial charge in [-0.3, -0.25) is 4.79 Å². The Morgan fingerprint density at radius 1 is 1.67 bits per heavy atom. The fraction of sp³-hybridized carbons (Fsp3) is 0.500. The molecule has 0 aliphatic heterocycles. The quantitative estimate of drug-likeness (QED) is 0.925. The van der Waals surface area contributed by atoms with Crippen molar-refractivity contribution in [3.8, 4) is 0 Å². The molecule has 84 valence electrons. The molecular weight excluding hydrogens is 278 g/mol. The normalized spacial score (nSPS) is 10.7. The molecule has 0 spiro atoms. The first kappa shape index (κ1) is 12.7. The lowest BCUT2D eigenvalue weighted by Crippen LogP contribution is -2.38. The summed E-state index contributed by atoms with van der Waals surface area (Å²) in [6.45, 7) is 4.25. The molecule has 1 amide bonds. The second kappa shape index (κ2) is 5.63. The largest absolute Gasteiger partial charge is 0.395 e. The van der Waals surface area contributed by atoms with Crippen molar-refractivity contribution in [1.29, 1.82) is 0 Å². The van der Waals surface area contributed by atoms with Crippen molar-refractivity contribution >= 4 is 33.2 Å². The number of thiophene rings is 1. The molecule has 0 saturated carbocycles. The van der Waals surface area contributed by atoms with Gasteiger partial charge in [0.2, 0.25) is 0 Å². The molecule has 0 aliphatic carbocycles. The van der Waals surface area contributed by atoms with E-state index in [-0.39, 0.29) is 18.6 Å². The highest BCUT2D eigenvalue weighted by molar-refractivity contribution is 9.10. The molecule has 5 heteroatoms. The third-order valence-corrected chi connectivity index (χ3v) is 3.86. The van der Waals surface area contributed by atoms with Crippen LogP contribution in [0.3, 0.4) is 0 Å². The lowest BCUT2D eigenvalue weighted by atomic mass is 10.3. The van der Waals surface area contributed by atoms with Gasteiger partial charge < -0.3 is 10.0 Å². The van der Waals surface area contributed by atoms with Gasteiger partial charge >= 0.3 is 0 Å². The van der Waals surface area contributed by atoms with E-state index in [1.165, 1.54) is 11.3 Å². The van der Waals surface area contributed by atoms with Gasteiger partial charge in [-0.05, 0) is 41.2 Å². The van der Waals surface area contributed by atoms with Crippen molar-refractivity contribution < 1.29 is 9.90 Å². The SMILES string of the molecule is CC(C)N(CCO)C(=O)c1sccc1Br. The number of rotatable bonds is 4. The molecule has 0 radical (unpaired) electrons.